The van der Waals surface area contributed by atoms with Gasteiger partial charge < -0.3 is 0 Å². The number of rotatable bonds is 6. The zero-order valence-electron chi connectivity index (χ0n) is 10.7. The number of halogens is 1. The van der Waals surface area contributed by atoms with Crippen molar-refractivity contribution >= 4 is 26.1 Å². The van der Waals surface area contributed by atoms with Gasteiger partial charge >= 0.3 is 0 Å². The van der Waals surface area contributed by atoms with Crippen molar-refractivity contribution in [2.24, 2.45) is 5.92 Å². The lowest BCUT2D eigenvalue weighted by molar-refractivity contribution is 0.283. The van der Waals surface area contributed by atoms with Crippen molar-refractivity contribution in [3.8, 4) is 0 Å². The standard InChI is InChI=1S/C11H23BrN2O2S/c1-3-11(4-7-12)13-17(15,16)14-8-5-10(2)6-9-14/h10-11,13H,3-9H2,1-2H3. The fourth-order valence-electron chi connectivity index (χ4n) is 1.99. The average molecular weight is 327 g/mol. The van der Waals surface area contributed by atoms with Gasteiger partial charge in [-0.3, -0.25) is 0 Å². The number of piperidine rings is 1. The molecule has 102 valence electrons. The van der Waals surface area contributed by atoms with Crippen LogP contribution in [-0.4, -0.2) is 37.2 Å². The van der Waals surface area contributed by atoms with Crippen LogP contribution in [0.4, 0.5) is 0 Å². The van der Waals surface area contributed by atoms with Crippen LogP contribution in [0.25, 0.3) is 0 Å². The van der Waals surface area contributed by atoms with Gasteiger partial charge in [-0.1, -0.05) is 29.8 Å². The third-order valence-corrected chi connectivity index (χ3v) is 5.48. The lowest BCUT2D eigenvalue weighted by atomic mass is 10.0. The summed E-state index contributed by atoms with van der Waals surface area (Å²) in [6.45, 7) is 5.49. The number of hydrogen-bond donors (Lipinski definition) is 1. The first-order chi connectivity index (χ1) is 7.99. The summed E-state index contributed by atoms with van der Waals surface area (Å²) < 4.78 is 28.7. The topological polar surface area (TPSA) is 49.4 Å². The Labute approximate surface area is 113 Å². The Bertz CT molecular complexity index is 313. The molecule has 6 heteroatoms. The predicted octanol–water partition coefficient (Wildman–Crippen LogP) is 2.12. The molecule has 0 aromatic carbocycles. The van der Waals surface area contributed by atoms with Gasteiger partial charge in [0.15, 0.2) is 0 Å². The Morgan fingerprint density at radius 1 is 1.41 bits per heavy atom. The van der Waals surface area contributed by atoms with E-state index >= 15 is 0 Å². The lowest BCUT2D eigenvalue weighted by Gasteiger charge is -2.30. The van der Waals surface area contributed by atoms with Gasteiger partial charge in [-0.05, 0) is 31.6 Å². The van der Waals surface area contributed by atoms with Crippen LogP contribution in [0.3, 0.4) is 0 Å². The summed E-state index contributed by atoms with van der Waals surface area (Å²) >= 11 is 3.35. The number of alkyl halides is 1. The van der Waals surface area contributed by atoms with Gasteiger partial charge in [0.05, 0.1) is 0 Å². The van der Waals surface area contributed by atoms with Crippen LogP contribution in [0.2, 0.25) is 0 Å². The Hall–Kier alpha value is 0.350. The van der Waals surface area contributed by atoms with Crippen LogP contribution in [0.15, 0.2) is 0 Å². The maximum absolute atomic E-state index is 12.1. The third kappa shape index (κ3) is 4.85. The summed E-state index contributed by atoms with van der Waals surface area (Å²) in [5, 5.41) is 0.824. The SMILES string of the molecule is CCC(CCBr)NS(=O)(=O)N1CCC(C)CC1. The highest BCUT2D eigenvalue weighted by Gasteiger charge is 2.27. The normalized spacial score (nSPS) is 21.6. The minimum Gasteiger partial charge on any atom is -0.199 e. The third-order valence-electron chi connectivity index (χ3n) is 3.35. The molecule has 1 N–H and O–H groups in total. The van der Waals surface area contributed by atoms with Crippen LogP contribution in [0.5, 0.6) is 0 Å². The van der Waals surface area contributed by atoms with E-state index in [1.807, 2.05) is 6.92 Å². The second kappa shape index (κ2) is 7.07. The van der Waals surface area contributed by atoms with E-state index in [0.717, 1.165) is 31.0 Å². The first-order valence-corrected chi connectivity index (χ1v) is 8.89. The summed E-state index contributed by atoms with van der Waals surface area (Å²) in [6.07, 6.45) is 3.60. The van der Waals surface area contributed by atoms with Crippen molar-refractivity contribution in [1.29, 1.82) is 0 Å². The molecule has 1 rings (SSSR count). The molecule has 0 radical (unpaired) electrons. The van der Waals surface area contributed by atoms with Gasteiger partial charge in [0.1, 0.15) is 0 Å². The van der Waals surface area contributed by atoms with E-state index in [4.69, 9.17) is 0 Å². The molecule has 1 unspecified atom stereocenters. The van der Waals surface area contributed by atoms with Crippen molar-refractivity contribution < 1.29 is 8.42 Å². The minimum absolute atomic E-state index is 0.0405. The number of nitrogens with one attached hydrogen (secondary N) is 1. The first-order valence-electron chi connectivity index (χ1n) is 6.33. The van der Waals surface area contributed by atoms with Gasteiger partial charge in [0.2, 0.25) is 0 Å². The molecule has 0 aliphatic carbocycles. The fraction of sp³-hybridized carbons (Fsp3) is 1.00. The van der Waals surface area contributed by atoms with E-state index in [0.29, 0.717) is 19.0 Å². The number of nitrogens with zero attached hydrogens (tertiary/aromatic N) is 1. The van der Waals surface area contributed by atoms with Crippen molar-refractivity contribution in [3.63, 3.8) is 0 Å². The van der Waals surface area contributed by atoms with Gasteiger partial charge in [0.25, 0.3) is 10.2 Å². The van der Waals surface area contributed by atoms with Crippen molar-refractivity contribution in [1.82, 2.24) is 9.03 Å². The summed E-state index contributed by atoms with van der Waals surface area (Å²) in [5.41, 5.74) is 0. The average Bonchev–Trinajstić information content (AvgIpc) is 2.28. The largest absolute Gasteiger partial charge is 0.279 e. The van der Waals surface area contributed by atoms with E-state index in [2.05, 4.69) is 27.6 Å². The molecule has 0 spiro atoms. The molecule has 1 atom stereocenters. The van der Waals surface area contributed by atoms with E-state index in [-0.39, 0.29) is 6.04 Å². The van der Waals surface area contributed by atoms with E-state index in [1.165, 1.54) is 0 Å². The lowest BCUT2D eigenvalue weighted by Crippen LogP contribution is -2.48. The van der Waals surface area contributed by atoms with Crippen molar-refractivity contribution in [3.05, 3.63) is 0 Å². The highest BCUT2D eigenvalue weighted by molar-refractivity contribution is 9.09. The van der Waals surface area contributed by atoms with Gasteiger partial charge in [-0.15, -0.1) is 0 Å². The Morgan fingerprint density at radius 2 is 2.00 bits per heavy atom. The zero-order chi connectivity index (χ0) is 12.9. The van der Waals surface area contributed by atoms with E-state index in [1.54, 1.807) is 4.31 Å². The van der Waals surface area contributed by atoms with Crippen LogP contribution in [-0.2, 0) is 10.2 Å². The van der Waals surface area contributed by atoms with E-state index in [9.17, 15) is 8.42 Å². The van der Waals surface area contributed by atoms with Crippen molar-refractivity contribution in [2.75, 3.05) is 18.4 Å². The fourth-order valence-corrected chi connectivity index (χ4v) is 4.09. The Balaban J connectivity index is 2.55. The molecule has 1 heterocycles. The number of hydrogen-bond acceptors (Lipinski definition) is 2. The van der Waals surface area contributed by atoms with Crippen LogP contribution >= 0.6 is 15.9 Å². The molecule has 0 aromatic rings. The molecule has 0 amide bonds. The van der Waals surface area contributed by atoms with Gasteiger partial charge in [0, 0.05) is 24.5 Å². The Morgan fingerprint density at radius 3 is 2.47 bits per heavy atom. The summed E-state index contributed by atoms with van der Waals surface area (Å²) in [4.78, 5) is 0. The molecule has 17 heavy (non-hydrogen) atoms. The molecular weight excluding hydrogens is 304 g/mol. The molecule has 0 saturated carbocycles. The van der Waals surface area contributed by atoms with E-state index < -0.39 is 10.2 Å². The first kappa shape index (κ1) is 15.4. The molecule has 1 saturated heterocycles. The molecule has 0 bridgehead atoms. The minimum atomic E-state index is -3.28. The molecule has 4 nitrogen and oxygen atoms in total. The predicted molar refractivity (Wildman–Crippen MR) is 74.5 cm³/mol. The second-order valence-corrected chi connectivity index (χ2v) is 7.28. The molecule has 1 aliphatic rings. The summed E-state index contributed by atoms with van der Waals surface area (Å²) in [6, 6.07) is 0.0405. The zero-order valence-corrected chi connectivity index (χ0v) is 13.1. The van der Waals surface area contributed by atoms with Crippen LogP contribution in [0, 0.1) is 5.92 Å². The Kier molecular flexibility index (Phi) is 6.40. The maximum Gasteiger partial charge on any atom is 0.279 e. The summed E-state index contributed by atoms with van der Waals surface area (Å²) in [7, 11) is -3.28. The monoisotopic (exact) mass is 326 g/mol. The quantitative estimate of drug-likeness (QED) is 0.760. The molecule has 0 aromatic heterocycles. The highest BCUT2D eigenvalue weighted by atomic mass is 79.9. The van der Waals surface area contributed by atoms with Gasteiger partial charge in [-0.2, -0.15) is 17.4 Å². The maximum atomic E-state index is 12.1. The van der Waals surface area contributed by atoms with Crippen molar-refractivity contribution in [2.45, 2.75) is 45.6 Å². The molecule has 1 fully saturated rings. The molecule has 1 aliphatic heterocycles. The second-order valence-electron chi connectivity index (χ2n) is 4.79. The highest BCUT2D eigenvalue weighted by Crippen LogP contribution is 2.18. The molecular formula is C11H23BrN2O2S. The smallest absolute Gasteiger partial charge is 0.199 e. The summed E-state index contributed by atoms with van der Waals surface area (Å²) in [5.74, 6) is 0.644. The van der Waals surface area contributed by atoms with Crippen LogP contribution < -0.4 is 4.72 Å². The van der Waals surface area contributed by atoms with Crippen LogP contribution in [0.1, 0.15) is 39.5 Å². The van der Waals surface area contributed by atoms with Gasteiger partial charge in [-0.25, -0.2) is 0 Å².